The summed E-state index contributed by atoms with van der Waals surface area (Å²) in [6, 6.07) is 0. The minimum Gasteiger partial charge on any atom is -0.462 e. The van der Waals surface area contributed by atoms with Crippen LogP contribution in [-0.4, -0.2) is 37.2 Å². The monoisotopic (exact) mass is 877 g/mol. The van der Waals surface area contributed by atoms with Gasteiger partial charge in [-0.2, -0.15) is 0 Å². The van der Waals surface area contributed by atoms with E-state index in [1.165, 1.54) is 199 Å². The second-order valence-electron chi connectivity index (χ2n) is 19.9. The van der Waals surface area contributed by atoms with Crippen LogP contribution in [0, 0.1) is 11.8 Å². The fraction of sp³-hybridized carbons (Fsp3) is 0.946. The van der Waals surface area contributed by atoms with Gasteiger partial charge in [-0.15, -0.1) is 0 Å². The molecule has 0 saturated heterocycles. The lowest BCUT2D eigenvalue weighted by Crippen LogP contribution is -2.30. The molecule has 0 aromatic carbocycles. The fourth-order valence-corrected chi connectivity index (χ4v) is 8.49. The summed E-state index contributed by atoms with van der Waals surface area (Å²) in [5, 5.41) is 0. The first kappa shape index (κ1) is 60.4. The molecule has 0 spiro atoms. The molecule has 62 heavy (non-hydrogen) atoms. The van der Waals surface area contributed by atoms with Gasteiger partial charge < -0.3 is 14.2 Å². The predicted molar refractivity (Wildman–Crippen MR) is 266 cm³/mol. The standard InChI is InChI=1S/C56H108O6/c1-6-8-9-10-11-24-31-36-41-46-54(57)60-49-53(62-56(59)48-43-38-33-28-23-22-26-30-35-40-45-52(5)7-2)50-61-55(58)47-42-37-32-27-21-19-17-15-13-12-14-16-18-20-25-29-34-39-44-51(3)4/h51-53H,6-50H2,1-5H3/t52?,53-/m0/s1. The van der Waals surface area contributed by atoms with Crippen LogP contribution >= 0.6 is 0 Å². The molecule has 0 rings (SSSR count). The zero-order valence-corrected chi connectivity index (χ0v) is 42.5. The largest absolute Gasteiger partial charge is 0.462 e. The molecule has 0 aliphatic heterocycles. The van der Waals surface area contributed by atoms with E-state index in [-0.39, 0.29) is 31.1 Å². The highest BCUT2D eigenvalue weighted by Crippen LogP contribution is 2.18. The van der Waals surface area contributed by atoms with Crippen molar-refractivity contribution in [3.63, 3.8) is 0 Å². The molecule has 0 aliphatic carbocycles. The summed E-state index contributed by atoms with van der Waals surface area (Å²) in [6.07, 6.45) is 50.9. The van der Waals surface area contributed by atoms with E-state index in [0.29, 0.717) is 19.3 Å². The topological polar surface area (TPSA) is 78.9 Å². The van der Waals surface area contributed by atoms with Crippen LogP contribution in [0.25, 0.3) is 0 Å². The Morgan fingerprint density at radius 1 is 0.339 bits per heavy atom. The van der Waals surface area contributed by atoms with Crippen molar-refractivity contribution in [3.8, 4) is 0 Å². The Hall–Kier alpha value is -1.59. The first-order chi connectivity index (χ1) is 30.3. The van der Waals surface area contributed by atoms with Gasteiger partial charge >= 0.3 is 17.9 Å². The molecule has 0 aromatic heterocycles. The molecule has 0 saturated carbocycles. The Bertz CT molecular complexity index is 949. The van der Waals surface area contributed by atoms with Crippen LogP contribution < -0.4 is 0 Å². The first-order valence-electron chi connectivity index (χ1n) is 27.8. The lowest BCUT2D eigenvalue weighted by molar-refractivity contribution is -0.167. The van der Waals surface area contributed by atoms with Crippen LogP contribution in [-0.2, 0) is 28.6 Å². The molecule has 0 N–H and O–H groups in total. The zero-order valence-electron chi connectivity index (χ0n) is 42.5. The molecule has 0 aromatic rings. The molecule has 0 radical (unpaired) electrons. The highest BCUT2D eigenvalue weighted by molar-refractivity contribution is 5.71. The van der Waals surface area contributed by atoms with Crippen LogP contribution in [0.1, 0.15) is 311 Å². The van der Waals surface area contributed by atoms with E-state index in [2.05, 4.69) is 34.6 Å². The van der Waals surface area contributed by atoms with Gasteiger partial charge in [-0.1, -0.05) is 272 Å². The van der Waals surface area contributed by atoms with E-state index in [4.69, 9.17) is 14.2 Å². The summed E-state index contributed by atoms with van der Waals surface area (Å²) in [5.41, 5.74) is 0. The third-order valence-electron chi connectivity index (χ3n) is 13.1. The molecule has 0 bridgehead atoms. The van der Waals surface area contributed by atoms with Gasteiger partial charge in [-0.25, -0.2) is 0 Å². The van der Waals surface area contributed by atoms with Crippen molar-refractivity contribution in [3.05, 3.63) is 0 Å². The van der Waals surface area contributed by atoms with Gasteiger partial charge in [0.05, 0.1) is 0 Å². The van der Waals surface area contributed by atoms with Gasteiger partial charge in [0.15, 0.2) is 6.10 Å². The van der Waals surface area contributed by atoms with Gasteiger partial charge in [-0.3, -0.25) is 14.4 Å². The molecule has 2 atom stereocenters. The minimum absolute atomic E-state index is 0.0633. The molecule has 368 valence electrons. The molecular weight excluding hydrogens is 769 g/mol. The Balaban J connectivity index is 4.19. The zero-order chi connectivity index (χ0) is 45.4. The highest BCUT2D eigenvalue weighted by atomic mass is 16.6. The van der Waals surface area contributed by atoms with Gasteiger partial charge in [-0.05, 0) is 31.1 Å². The molecule has 0 fully saturated rings. The Labute approximate surface area is 387 Å². The van der Waals surface area contributed by atoms with Crippen LogP contribution in [0.15, 0.2) is 0 Å². The molecule has 6 heteroatoms. The number of esters is 3. The Morgan fingerprint density at radius 3 is 0.919 bits per heavy atom. The number of ether oxygens (including phenoxy) is 3. The fourth-order valence-electron chi connectivity index (χ4n) is 8.49. The van der Waals surface area contributed by atoms with E-state index in [9.17, 15) is 14.4 Å². The lowest BCUT2D eigenvalue weighted by Gasteiger charge is -2.18. The molecule has 0 aliphatic rings. The number of hydrogen-bond donors (Lipinski definition) is 0. The summed E-state index contributed by atoms with van der Waals surface area (Å²) in [4.78, 5) is 38.0. The number of hydrogen-bond acceptors (Lipinski definition) is 6. The van der Waals surface area contributed by atoms with Crippen molar-refractivity contribution < 1.29 is 28.6 Å². The average Bonchev–Trinajstić information content (AvgIpc) is 3.26. The maximum Gasteiger partial charge on any atom is 0.306 e. The molecular formula is C56H108O6. The molecule has 6 nitrogen and oxygen atoms in total. The lowest BCUT2D eigenvalue weighted by atomic mass is 9.99. The molecule has 0 heterocycles. The Kier molecular flexibility index (Phi) is 47.6. The quantitative estimate of drug-likeness (QED) is 0.0344. The van der Waals surface area contributed by atoms with Gasteiger partial charge in [0.1, 0.15) is 13.2 Å². The maximum atomic E-state index is 12.8. The van der Waals surface area contributed by atoms with E-state index in [1.54, 1.807) is 0 Å². The van der Waals surface area contributed by atoms with Gasteiger partial charge in [0.2, 0.25) is 0 Å². The Morgan fingerprint density at radius 2 is 0.613 bits per heavy atom. The molecule has 0 amide bonds. The van der Waals surface area contributed by atoms with Crippen LogP contribution in [0.4, 0.5) is 0 Å². The third-order valence-corrected chi connectivity index (χ3v) is 13.1. The third kappa shape index (κ3) is 47.9. The van der Waals surface area contributed by atoms with Gasteiger partial charge in [0.25, 0.3) is 0 Å². The van der Waals surface area contributed by atoms with E-state index < -0.39 is 6.10 Å². The number of carbonyl (C=O) groups excluding carboxylic acids is 3. The average molecular weight is 877 g/mol. The van der Waals surface area contributed by atoms with E-state index in [0.717, 1.165) is 69.6 Å². The summed E-state index contributed by atoms with van der Waals surface area (Å²) in [6.45, 7) is 11.4. The summed E-state index contributed by atoms with van der Waals surface area (Å²) >= 11 is 0. The molecule has 1 unspecified atom stereocenters. The number of carbonyl (C=O) groups is 3. The summed E-state index contributed by atoms with van der Waals surface area (Å²) < 4.78 is 16.8. The normalized spacial score (nSPS) is 12.5. The van der Waals surface area contributed by atoms with Crippen LogP contribution in [0.2, 0.25) is 0 Å². The minimum atomic E-state index is -0.761. The van der Waals surface area contributed by atoms with Crippen molar-refractivity contribution >= 4 is 17.9 Å². The van der Waals surface area contributed by atoms with Gasteiger partial charge in [0, 0.05) is 19.3 Å². The van der Waals surface area contributed by atoms with Crippen molar-refractivity contribution in [2.24, 2.45) is 11.8 Å². The predicted octanol–water partition coefficient (Wildman–Crippen LogP) is 18.1. The van der Waals surface area contributed by atoms with E-state index in [1.807, 2.05) is 0 Å². The smallest absolute Gasteiger partial charge is 0.306 e. The van der Waals surface area contributed by atoms with Crippen LogP contribution in [0.3, 0.4) is 0 Å². The number of rotatable bonds is 50. The maximum absolute atomic E-state index is 12.8. The second kappa shape index (κ2) is 48.9. The van der Waals surface area contributed by atoms with Crippen molar-refractivity contribution in [1.29, 1.82) is 0 Å². The number of unbranched alkanes of at least 4 members (excludes halogenated alkanes) is 34. The highest BCUT2D eigenvalue weighted by Gasteiger charge is 2.19. The summed E-state index contributed by atoms with van der Waals surface area (Å²) in [7, 11) is 0. The SMILES string of the molecule is CCCCCCCCCCCC(=O)OC[C@@H](COC(=O)CCCCCCCCCCCCCCCCCCCCC(C)C)OC(=O)CCCCCCCCCCCCC(C)CC. The van der Waals surface area contributed by atoms with Crippen LogP contribution in [0.5, 0.6) is 0 Å². The van der Waals surface area contributed by atoms with Crippen molar-refractivity contribution in [1.82, 2.24) is 0 Å². The summed E-state index contributed by atoms with van der Waals surface area (Å²) in [5.74, 6) is 0.880. The first-order valence-corrected chi connectivity index (χ1v) is 27.8. The van der Waals surface area contributed by atoms with E-state index >= 15 is 0 Å². The van der Waals surface area contributed by atoms with Crippen molar-refractivity contribution in [2.45, 2.75) is 317 Å². The second-order valence-corrected chi connectivity index (χ2v) is 19.9. The van der Waals surface area contributed by atoms with Crippen molar-refractivity contribution in [2.75, 3.05) is 13.2 Å².